The van der Waals surface area contributed by atoms with Gasteiger partial charge >= 0.3 is 0 Å². The van der Waals surface area contributed by atoms with Crippen LogP contribution >= 0.6 is 11.6 Å². The topological polar surface area (TPSA) is 34.1 Å². The minimum absolute atomic E-state index is 0.317. The van der Waals surface area contributed by atoms with Gasteiger partial charge in [0.25, 0.3) is 0 Å². The Balaban J connectivity index is 1.83. The molecule has 2 heterocycles. The van der Waals surface area contributed by atoms with Crippen LogP contribution in [0.15, 0.2) is 24.3 Å². The number of rotatable bonds is 3. The van der Waals surface area contributed by atoms with Gasteiger partial charge in [-0.05, 0) is 43.5 Å². The third-order valence-electron chi connectivity index (χ3n) is 3.51. The fourth-order valence-corrected chi connectivity index (χ4v) is 2.66. The zero-order valence-corrected chi connectivity index (χ0v) is 11.7. The standard InChI is InChI=1S/C15H17ClN2O/c1-10-7-15(17-9-12-3-2-6-19-12)18-14-8-11(16)4-5-13(10)14/h4-5,7-8,12H,2-3,6,9H2,1H3,(H,17,18)/t12-/m0/s1. The molecule has 0 bridgehead atoms. The molecular weight excluding hydrogens is 260 g/mol. The van der Waals surface area contributed by atoms with Gasteiger partial charge in [0.1, 0.15) is 5.82 Å². The lowest BCUT2D eigenvalue weighted by Crippen LogP contribution is -2.19. The first-order chi connectivity index (χ1) is 9.22. The number of aromatic nitrogens is 1. The van der Waals surface area contributed by atoms with Crippen LogP contribution in [0.1, 0.15) is 18.4 Å². The molecule has 19 heavy (non-hydrogen) atoms. The number of fused-ring (bicyclic) bond motifs is 1. The number of benzene rings is 1. The summed E-state index contributed by atoms with van der Waals surface area (Å²) in [5.41, 5.74) is 2.14. The fraction of sp³-hybridized carbons (Fsp3) is 0.400. The number of halogens is 1. The van der Waals surface area contributed by atoms with E-state index in [1.165, 1.54) is 5.56 Å². The van der Waals surface area contributed by atoms with Crippen molar-refractivity contribution < 1.29 is 4.74 Å². The van der Waals surface area contributed by atoms with Gasteiger partial charge in [0.15, 0.2) is 0 Å². The Morgan fingerprint density at radius 1 is 1.42 bits per heavy atom. The largest absolute Gasteiger partial charge is 0.376 e. The van der Waals surface area contributed by atoms with E-state index in [1.54, 1.807) is 0 Å². The molecule has 1 aliphatic rings. The Bertz CT molecular complexity index is 594. The van der Waals surface area contributed by atoms with Crippen LogP contribution in [0, 0.1) is 6.92 Å². The summed E-state index contributed by atoms with van der Waals surface area (Å²) in [6, 6.07) is 7.90. The summed E-state index contributed by atoms with van der Waals surface area (Å²) in [5.74, 6) is 0.891. The van der Waals surface area contributed by atoms with Crippen LogP contribution in [-0.2, 0) is 4.74 Å². The number of anilines is 1. The van der Waals surface area contributed by atoms with Crippen LogP contribution in [0.2, 0.25) is 5.02 Å². The van der Waals surface area contributed by atoms with E-state index in [0.29, 0.717) is 6.10 Å². The molecule has 4 heteroatoms. The molecule has 100 valence electrons. The first-order valence-corrected chi connectivity index (χ1v) is 7.02. The van der Waals surface area contributed by atoms with Gasteiger partial charge in [-0.3, -0.25) is 0 Å². The van der Waals surface area contributed by atoms with Crippen molar-refractivity contribution in [3.63, 3.8) is 0 Å². The number of aryl methyl sites for hydroxylation is 1. The van der Waals surface area contributed by atoms with Crippen LogP contribution in [0.25, 0.3) is 10.9 Å². The first-order valence-electron chi connectivity index (χ1n) is 6.65. The summed E-state index contributed by atoms with van der Waals surface area (Å²) in [4.78, 5) is 4.61. The van der Waals surface area contributed by atoms with Gasteiger partial charge in [0.2, 0.25) is 0 Å². The summed E-state index contributed by atoms with van der Waals surface area (Å²) in [6.45, 7) is 3.79. The summed E-state index contributed by atoms with van der Waals surface area (Å²) >= 11 is 6.02. The van der Waals surface area contributed by atoms with Gasteiger partial charge in [-0.1, -0.05) is 17.7 Å². The molecule has 1 N–H and O–H groups in total. The van der Waals surface area contributed by atoms with E-state index in [4.69, 9.17) is 16.3 Å². The van der Waals surface area contributed by atoms with Gasteiger partial charge in [0, 0.05) is 23.6 Å². The van der Waals surface area contributed by atoms with Gasteiger partial charge in [-0.15, -0.1) is 0 Å². The fourth-order valence-electron chi connectivity index (χ4n) is 2.49. The van der Waals surface area contributed by atoms with E-state index in [2.05, 4.69) is 23.3 Å². The highest BCUT2D eigenvalue weighted by molar-refractivity contribution is 6.31. The molecular formula is C15H17ClN2O. The van der Waals surface area contributed by atoms with E-state index in [9.17, 15) is 0 Å². The van der Waals surface area contributed by atoms with Crippen LogP contribution in [0.3, 0.4) is 0 Å². The molecule has 1 fully saturated rings. The van der Waals surface area contributed by atoms with Crippen molar-refractivity contribution in [1.82, 2.24) is 4.98 Å². The number of hydrogen-bond acceptors (Lipinski definition) is 3. The molecule has 3 rings (SSSR count). The predicted molar refractivity (Wildman–Crippen MR) is 79.0 cm³/mol. The maximum Gasteiger partial charge on any atom is 0.127 e. The molecule has 1 aliphatic heterocycles. The van der Waals surface area contributed by atoms with Gasteiger partial charge in [-0.25, -0.2) is 4.98 Å². The smallest absolute Gasteiger partial charge is 0.127 e. The highest BCUT2D eigenvalue weighted by Crippen LogP contribution is 2.23. The van der Waals surface area contributed by atoms with Crippen LogP contribution in [-0.4, -0.2) is 24.2 Å². The van der Waals surface area contributed by atoms with E-state index in [0.717, 1.165) is 47.7 Å². The molecule has 2 aromatic rings. The van der Waals surface area contributed by atoms with Gasteiger partial charge < -0.3 is 10.1 Å². The maximum absolute atomic E-state index is 6.02. The highest BCUT2D eigenvalue weighted by atomic mass is 35.5. The van der Waals surface area contributed by atoms with Crippen molar-refractivity contribution >= 4 is 28.3 Å². The normalized spacial score (nSPS) is 18.9. The molecule has 0 amide bonds. The summed E-state index contributed by atoms with van der Waals surface area (Å²) in [6.07, 6.45) is 2.61. The number of hydrogen-bond donors (Lipinski definition) is 1. The summed E-state index contributed by atoms with van der Waals surface area (Å²) in [5, 5.41) is 5.22. The molecule has 1 atom stereocenters. The SMILES string of the molecule is Cc1cc(NC[C@@H]2CCCO2)nc2cc(Cl)ccc12. The minimum atomic E-state index is 0.317. The Morgan fingerprint density at radius 3 is 3.11 bits per heavy atom. The van der Waals surface area contributed by atoms with Crippen molar-refractivity contribution in [1.29, 1.82) is 0 Å². The molecule has 0 spiro atoms. The molecule has 3 nitrogen and oxygen atoms in total. The first kappa shape index (κ1) is 12.7. The quantitative estimate of drug-likeness (QED) is 0.926. The zero-order valence-electron chi connectivity index (χ0n) is 10.9. The monoisotopic (exact) mass is 276 g/mol. The average molecular weight is 277 g/mol. The number of pyridine rings is 1. The lowest BCUT2D eigenvalue weighted by atomic mass is 10.1. The van der Waals surface area contributed by atoms with Crippen molar-refractivity contribution in [3.05, 3.63) is 34.9 Å². The van der Waals surface area contributed by atoms with Crippen LogP contribution < -0.4 is 5.32 Å². The molecule has 0 radical (unpaired) electrons. The summed E-state index contributed by atoms with van der Waals surface area (Å²) in [7, 11) is 0. The van der Waals surface area contributed by atoms with Crippen molar-refractivity contribution in [2.75, 3.05) is 18.5 Å². The Labute approximate surface area is 117 Å². The second-order valence-corrected chi connectivity index (χ2v) is 5.44. The molecule has 1 aromatic heterocycles. The van der Waals surface area contributed by atoms with Crippen molar-refractivity contribution in [2.24, 2.45) is 0 Å². The van der Waals surface area contributed by atoms with Gasteiger partial charge in [-0.2, -0.15) is 0 Å². The zero-order chi connectivity index (χ0) is 13.2. The lowest BCUT2D eigenvalue weighted by molar-refractivity contribution is 0.120. The molecule has 1 saturated heterocycles. The third kappa shape index (κ3) is 2.82. The lowest BCUT2D eigenvalue weighted by Gasteiger charge is -2.13. The van der Waals surface area contributed by atoms with Crippen LogP contribution in [0.4, 0.5) is 5.82 Å². The second-order valence-electron chi connectivity index (χ2n) is 5.00. The average Bonchev–Trinajstić information content (AvgIpc) is 2.89. The van der Waals surface area contributed by atoms with Crippen molar-refractivity contribution in [3.8, 4) is 0 Å². The Morgan fingerprint density at radius 2 is 2.32 bits per heavy atom. The second kappa shape index (κ2) is 5.35. The minimum Gasteiger partial charge on any atom is -0.376 e. The predicted octanol–water partition coefficient (Wildman–Crippen LogP) is 3.79. The molecule has 0 saturated carbocycles. The molecule has 0 aliphatic carbocycles. The van der Waals surface area contributed by atoms with E-state index >= 15 is 0 Å². The molecule has 0 unspecified atom stereocenters. The van der Waals surface area contributed by atoms with Gasteiger partial charge in [0.05, 0.1) is 11.6 Å². The number of nitrogens with zero attached hydrogens (tertiary/aromatic N) is 1. The van der Waals surface area contributed by atoms with E-state index in [1.807, 2.05) is 18.2 Å². The van der Waals surface area contributed by atoms with Crippen LogP contribution in [0.5, 0.6) is 0 Å². The van der Waals surface area contributed by atoms with Crippen molar-refractivity contribution in [2.45, 2.75) is 25.9 Å². The number of nitrogens with one attached hydrogen (secondary N) is 1. The summed E-state index contributed by atoms with van der Waals surface area (Å²) < 4.78 is 5.60. The Kier molecular flexibility index (Phi) is 3.58. The van der Waals surface area contributed by atoms with E-state index in [-0.39, 0.29) is 0 Å². The molecule has 1 aromatic carbocycles. The Hall–Kier alpha value is -1.32. The number of ether oxygens (including phenoxy) is 1. The third-order valence-corrected chi connectivity index (χ3v) is 3.75. The highest BCUT2D eigenvalue weighted by Gasteiger charge is 2.15. The van der Waals surface area contributed by atoms with E-state index < -0.39 is 0 Å². The maximum atomic E-state index is 6.02.